The van der Waals surface area contributed by atoms with Crippen LogP contribution in [0.25, 0.3) is 0 Å². The molecule has 0 aliphatic carbocycles. The van der Waals surface area contributed by atoms with Crippen LogP contribution in [0, 0.1) is 0 Å². The van der Waals surface area contributed by atoms with Gasteiger partial charge >= 0.3 is 0 Å². The Kier molecular flexibility index (Phi) is 6.69. The highest BCUT2D eigenvalue weighted by Gasteiger charge is 2.25. The van der Waals surface area contributed by atoms with Crippen molar-refractivity contribution in [2.75, 3.05) is 0 Å². The molecule has 0 aromatic heterocycles. The van der Waals surface area contributed by atoms with Crippen molar-refractivity contribution in [1.82, 2.24) is 5.32 Å². The van der Waals surface area contributed by atoms with E-state index in [9.17, 15) is 9.59 Å². The van der Waals surface area contributed by atoms with Gasteiger partial charge < -0.3 is 0 Å². The van der Waals surface area contributed by atoms with Gasteiger partial charge in [-0.15, -0.1) is 0 Å². The summed E-state index contributed by atoms with van der Waals surface area (Å²) >= 11 is 0. The van der Waals surface area contributed by atoms with Crippen LogP contribution < -0.4 is 5.32 Å². The quantitative estimate of drug-likeness (QED) is 0.503. The Hall–Kier alpha value is -1.12. The fourth-order valence-electron chi connectivity index (χ4n) is 2.32. The predicted octanol–water partition coefficient (Wildman–Crippen LogP) is 3.49. The summed E-state index contributed by atoms with van der Waals surface area (Å²) in [7, 11) is 0. The second-order valence-electron chi connectivity index (χ2n) is 5.11. The summed E-state index contributed by atoms with van der Waals surface area (Å²) in [6.45, 7) is 3.96. The molecule has 1 rings (SSSR count). The SMILES string of the molecule is CCCCCCCCCCC1=C(C)C(=O)NC1=O. The highest BCUT2D eigenvalue weighted by molar-refractivity contribution is 6.19. The minimum absolute atomic E-state index is 0.180. The maximum absolute atomic E-state index is 11.4. The van der Waals surface area contributed by atoms with Gasteiger partial charge in [0.2, 0.25) is 0 Å². The first-order valence-corrected chi connectivity index (χ1v) is 7.22. The lowest BCUT2D eigenvalue weighted by Crippen LogP contribution is -2.22. The topological polar surface area (TPSA) is 46.2 Å². The number of nitrogens with one attached hydrogen (secondary N) is 1. The molecule has 0 spiro atoms. The van der Waals surface area contributed by atoms with Gasteiger partial charge in [-0.3, -0.25) is 14.9 Å². The smallest absolute Gasteiger partial charge is 0.254 e. The van der Waals surface area contributed by atoms with Crippen molar-refractivity contribution >= 4 is 11.8 Å². The van der Waals surface area contributed by atoms with Gasteiger partial charge in [0.05, 0.1) is 0 Å². The third kappa shape index (κ3) is 4.63. The van der Waals surface area contributed by atoms with Crippen molar-refractivity contribution in [2.45, 2.75) is 71.6 Å². The molecule has 0 radical (unpaired) electrons. The lowest BCUT2D eigenvalue weighted by Gasteiger charge is -2.02. The van der Waals surface area contributed by atoms with Crippen LogP contribution in [0.5, 0.6) is 0 Å². The second kappa shape index (κ2) is 8.06. The first-order valence-electron chi connectivity index (χ1n) is 7.22. The molecule has 2 amide bonds. The first-order chi connectivity index (χ1) is 8.66. The molecular formula is C15H25NO2. The zero-order valence-corrected chi connectivity index (χ0v) is 11.7. The molecule has 0 bridgehead atoms. The zero-order chi connectivity index (χ0) is 13.4. The second-order valence-corrected chi connectivity index (χ2v) is 5.11. The number of imide groups is 1. The Morgan fingerprint density at radius 1 is 0.833 bits per heavy atom. The summed E-state index contributed by atoms with van der Waals surface area (Å²) in [5.41, 5.74) is 1.31. The number of carbonyl (C=O) groups excluding carboxylic acids is 2. The highest BCUT2D eigenvalue weighted by atomic mass is 16.2. The van der Waals surface area contributed by atoms with E-state index in [-0.39, 0.29) is 11.8 Å². The first kappa shape index (κ1) is 14.9. The predicted molar refractivity (Wildman–Crippen MR) is 73.1 cm³/mol. The summed E-state index contributed by atoms with van der Waals surface area (Å²) < 4.78 is 0. The summed E-state index contributed by atoms with van der Waals surface area (Å²) in [4.78, 5) is 22.7. The molecule has 0 fully saturated rings. The number of rotatable bonds is 9. The van der Waals surface area contributed by atoms with E-state index in [4.69, 9.17) is 0 Å². The molecule has 3 nitrogen and oxygen atoms in total. The molecule has 1 N–H and O–H groups in total. The Morgan fingerprint density at radius 3 is 1.89 bits per heavy atom. The minimum Gasteiger partial charge on any atom is -0.289 e. The van der Waals surface area contributed by atoms with Crippen LogP contribution in [0.15, 0.2) is 11.1 Å². The van der Waals surface area contributed by atoms with Crippen molar-refractivity contribution in [1.29, 1.82) is 0 Å². The average molecular weight is 251 g/mol. The summed E-state index contributed by atoms with van der Waals surface area (Å²) in [5.74, 6) is -0.394. The fourth-order valence-corrected chi connectivity index (χ4v) is 2.32. The van der Waals surface area contributed by atoms with Crippen LogP contribution in [-0.2, 0) is 9.59 Å². The van der Waals surface area contributed by atoms with E-state index in [2.05, 4.69) is 12.2 Å². The number of carbonyl (C=O) groups is 2. The van der Waals surface area contributed by atoms with Crippen LogP contribution in [0.4, 0.5) is 0 Å². The third-order valence-electron chi connectivity index (χ3n) is 3.57. The normalized spacial score (nSPS) is 15.4. The van der Waals surface area contributed by atoms with E-state index in [1.54, 1.807) is 6.92 Å². The Labute approximate surface area is 110 Å². The van der Waals surface area contributed by atoms with Gasteiger partial charge in [-0.1, -0.05) is 51.9 Å². The van der Waals surface area contributed by atoms with Crippen LogP contribution >= 0.6 is 0 Å². The van der Waals surface area contributed by atoms with Crippen LogP contribution in [0.2, 0.25) is 0 Å². The molecule has 18 heavy (non-hydrogen) atoms. The fraction of sp³-hybridized carbons (Fsp3) is 0.733. The summed E-state index contributed by atoms with van der Waals surface area (Å²) in [5, 5.41) is 2.34. The third-order valence-corrected chi connectivity index (χ3v) is 3.57. The van der Waals surface area contributed by atoms with Crippen LogP contribution in [0.1, 0.15) is 71.6 Å². The van der Waals surface area contributed by atoms with Crippen LogP contribution in [0.3, 0.4) is 0 Å². The highest BCUT2D eigenvalue weighted by Crippen LogP contribution is 2.19. The Bertz CT molecular complexity index is 331. The largest absolute Gasteiger partial charge is 0.289 e. The molecule has 1 aliphatic rings. The standard InChI is InChI=1S/C15H25NO2/c1-3-4-5-6-7-8-9-10-11-13-12(2)14(17)16-15(13)18/h3-11H2,1-2H3,(H,16,17,18). The minimum atomic E-state index is -0.213. The molecule has 0 saturated heterocycles. The van der Waals surface area contributed by atoms with E-state index >= 15 is 0 Å². The number of hydrogen-bond donors (Lipinski definition) is 1. The zero-order valence-electron chi connectivity index (χ0n) is 11.7. The van der Waals surface area contributed by atoms with Crippen LogP contribution in [-0.4, -0.2) is 11.8 Å². The Balaban J connectivity index is 2.08. The van der Waals surface area contributed by atoms with Gasteiger partial charge in [0.1, 0.15) is 0 Å². The van der Waals surface area contributed by atoms with E-state index in [0.717, 1.165) is 19.3 Å². The van der Waals surface area contributed by atoms with Gasteiger partial charge in [-0.2, -0.15) is 0 Å². The van der Waals surface area contributed by atoms with Gasteiger partial charge in [-0.05, 0) is 19.8 Å². The van der Waals surface area contributed by atoms with E-state index in [1.807, 2.05) is 0 Å². The molecule has 0 atom stereocenters. The molecule has 0 unspecified atom stereocenters. The molecule has 3 heteroatoms. The lowest BCUT2D eigenvalue weighted by molar-refractivity contribution is -0.124. The van der Waals surface area contributed by atoms with Crippen molar-refractivity contribution in [2.24, 2.45) is 0 Å². The molecule has 0 aromatic rings. The van der Waals surface area contributed by atoms with Crippen molar-refractivity contribution in [3.8, 4) is 0 Å². The molecular weight excluding hydrogens is 226 g/mol. The molecule has 0 aromatic carbocycles. The number of unbranched alkanes of at least 4 members (excludes halogenated alkanes) is 7. The van der Waals surface area contributed by atoms with E-state index in [1.165, 1.54) is 38.5 Å². The average Bonchev–Trinajstić information content (AvgIpc) is 2.58. The van der Waals surface area contributed by atoms with Gasteiger partial charge in [0.25, 0.3) is 11.8 Å². The van der Waals surface area contributed by atoms with E-state index in [0.29, 0.717) is 11.1 Å². The van der Waals surface area contributed by atoms with Gasteiger partial charge in [0.15, 0.2) is 0 Å². The number of amides is 2. The molecule has 1 heterocycles. The van der Waals surface area contributed by atoms with Gasteiger partial charge in [0, 0.05) is 11.1 Å². The Morgan fingerprint density at radius 2 is 1.39 bits per heavy atom. The molecule has 1 aliphatic heterocycles. The maximum Gasteiger partial charge on any atom is 0.254 e. The maximum atomic E-state index is 11.4. The van der Waals surface area contributed by atoms with Crippen molar-refractivity contribution in [3.05, 3.63) is 11.1 Å². The monoisotopic (exact) mass is 251 g/mol. The van der Waals surface area contributed by atoms with Crippen molar-refractivity contribution in [3.63, 3.8) is 0 Å². The van der Waals surface area contributed by atoms with Gasteiger partial charge in [-0.25, -0.2) is 0 Å². The summed E-state index contributed by atoms with van der Waals surface area (Å²) in [6.07, 6.45) is 10.8. The molecule has 0 saturated carbocycles. The molecule has 102 valence electrons. The number of hydrogen-bond acceptors (Lipinski definition) is 2. The van der Waals surface area contributed by atoms with E-state index < -0.39 is 0 Å². The lowest BCUT2D eigenvalue weighted by atomic mass is 10.0. The summed E-state index contributed by atoms with van der Waals surface area (Å²) in [6, 6.07) is 0. The van der Waals surface area contributed by atoms with Crippen molar-refractivity contribution < 1.29 is 9.59 Å².